The zero-order chi connectivity index (χ0) is 32.7. The number of amides is 2. The summed E-state index contributed by atoms with van der Waals surface area (Å²) in [6.07, 6.45) is 6.33. The van der Waals surface area contributed by atoms with Crippen LogP contribution in [-0.2, 0) is 26.3 Å². The third-order valence-electron chi connectivity index (χ3n) is 9.20. The van der Waals surface area contributed by atoms with Crippen LogP contribution in [0, 0.1) is 5.92 Å². The number of nitrogens with zero attached hydrogens (tertiary/aromatic N) is 2. The number of halogens is 1. The van der Waals surface area contributed by atoms with Crippen LogP contribution in [0.1, 0.15) is 83.0 Å². The van der Waals surface area contributed by atoms with E-state index in [0.717, 1.165) is 49.4 Å². The van der Waals surface area contributed by atoms with Crippen LogP contribution in [0.4, 0.5) is 10.1 Å². The summed E-state index contributed by atoms with van der Waals surface area (Å²) in [6, 6.07) is 16.0. The number of likely N-dealkylation sites (tertiary alicyclic amines) is 2. The van der Waals surface area contributed by atoms with Crippen molar-refractivity contribution >= 4 is 17.5 Å². The lowest BCUT2D eigenvalue weighted by molar-refractivity contribution is -0.135. The van der Waals surface area contributed by atoms with E-state index >= 15 is 4.39 Å². The number of hydrogen-bond acceptors (Lipinski definition) is 4. The van der Waals surface area contributed by atoms with Gasteiger partial charge in [0.2, 0.25) is 5.91 Å². The molecule has 2 aliphatic heterocycles. The molecule has 0 bridgehead atoms. The summed E-state index contributed by atoms with van der Waals surface area (Å²) in [5, 5.41) is 3.15. The molecule has 0 saturated carbocycles. The minimum absolute atomic E-state index is 0.00808. The average molecular weight is 616 g/mol. The highest BCUT2D eigenvalue weighted by atomic mass is 19.1. The molecule has 0 aromatic heterocycles. The molecule has 242 valence electrons. The van der Waals surface area contributed by atoms with Gasteiger partial charge in [-0.05, 0) is 85.9 Å². The number of piperidine rings is 1. The van der Waals surface area contributed by atoms with E-state index < -0.39 is 23.7 Å². The molecule has 4 rings (SSSR count). The quantitative estimate of drug-likeness (QED) is 0.218. The van der Waals surface area contributed by atoms with Crippen molar-refractivity contribution in [1.29, 1.82) is 0 Å². The van der Waals surface area contributed by atoms with Gasteiger partial charge in [0.05, 0.1) is 24.1 Å². The van der Waals surface area contributed by atoms with Crippen molar-refractivity contribution in [2.45, 2.75) is 84.3 Å². The van der Waals surface area contributed by atoms with Crippen LogP contribution in [-0.4, -0.2) is 54.5 Å². The van der Waals surface area contributed by atoms with Gasteiger partial charge >= 0.3 is 0 Å². The molecule has 6 nitrogen and oxygen atoms in total. The summed E-state index contributed by atoms with van der Waals surface area (Å²) in [6.45, 7) is 16.5. The van der Waals surface area contributed by atoms with Crippen molar-refractivity contribution in [3.8, 4) is 0 Å². The Morgan fingerprint density at radius 1 is 1.09 bits per heavy atom. The number of allylic oxidation sites excluding steroid dienone is 3. The fourth-order valence-corrected chi connectivity index (χ4v) is 6.60. The molecule has 2 aliphatic rings. The summed E-state index contributed by atoms with van der Waals surface area (Å²) in [5.41, 5.74) is 4.26. The number of benzene rings is 2. The maximum absolute atomic E-state index is 15.2. The van der Waals surface area contributed by atoms with Crippen molar-refractivity contribution in [1.82, 2.24) is 9.80 Å². The number of methoxy groups -OCH3 is 1. The lowest BCUT2D eigenvalue weighted by Gasteiger charge is -2.41. The van der Waals surface area contributed by atoms with Crippen molar-refractivity contribution in [2.24, 2.45) is 5.92 Å². The van der Waals surface area contributed by atoms with Crippen LogP contribution in [0.15, 0.2) is 84.2 Å². The number of carbonyl (C=O) groups is 2. The molecule has 2 amide bonds. The van der Waals surface area contributed by atoms with Gasteiger partial charge in [-0.15, -0.1) is 0 Å². The molecule has 3 atom stereocenters. The van der Waals surface area contributed by atoms with Crippen molar-refractivity contribution in [3.63, 3.8) is 0 Å². The Morgan fingerprint density at radius 2 is 1.80 bits per heavy atom. The lowest BCUT2D eigenvalue weighted by Crippen LogP contribution is -2.47. The molecular weight excluding hydrogens is 565 g/mol. The largest absolute Gasteiger partial charge is 0.383 e. The van der Waals surface area contributed by atoms with E-state index in [0.29, 0.717) is 31.0 Å². The molecule has 2 saturated heterocycles. The van der Waals surface area contributed by atoms with Crippen LogP contribution in [0.25, 0.3) is 0 Å². The fraction of sp³-hybridized carbons (Fsp3) is 0.474. The minimum Gasteiger partial charge on any atom is -0.383 e. The topological polar surface area (TPSA) is 61.9 Å². The van der Waals surface area contributed by atoms with E-state index in [4.69, 9.17) is 4.74 Å². The molecule has 2 fully saturated rings. The third kappa shape index (κ3) is 8.19. The van der Waals surface area contributed by atoms with E-state index in [1.165, 1.54) is 17.7 Å². The number of carbonyl (C=O) groups excluding carboxylic acids is 2. The van der Waals surface area contributed by atoms with Gasteiger partial charge in [-0.3, -0.25) is 14.5 Å². The Kier molecular flexibility index (Phi) is 11.6. The van der Waals surface area contributed by atoms with Crippen LogP contribution >= 0.6 is 0 Å². The smallest absolute Gasteiger partial charge is 0.257 e. The maximum atomic E-state index is 15.2. The molecule has 2 aromatic rings. The molecule has 7 heteroatoms. The molecule has 0 radical (unpaired) electrons. The molecule has 2 aromatic carbocycles. The Morgan fingerprint density at radius 3 is 2.44 bits per heavy atom. The zero-order valence-electron chi connectivity index (χ0n) is 27.9. The van der Waals surface area contributed by atoms with E-state index in [9.17, 15) is 9.59 Å². The second-order valence-electron chi connectivity index (χ2n) is 13.4. The molecule has 0 unspecified atom stereocenters. The van der Waals surface area contributed by atoms with Gasteiger partial charge in [-0.25, -0.2) is 4.39 Å². The first-order valence-electron chi connectivity index (χ1n) is 16.2. The second kappa shape index (κ2) is 15.2. The average Bonchev–Trinajstić information content (AvgIpc) is 3.46. The number of ether oxygens (including phenoxy) is 1. The standard InChI is InChI=1S/C38H50FN3O3/c1-8-26(3)34(33(39)9-2)37(44)42-22-12-16-32(36(43)40-30-14-10-13-29(23-30)38(4,5)6)35(42)28-19-17-27(18-20-28)24-41-21-11-15-31(41)25-45-7/h8-10,13-14,17-20,23,31-32,35H,1,11-12,15-16,21-22,24-25H2,2-7H3,(H,40,43)/b33-9+,34-26+/t31-,32-,35-/m0/s1. The molecular formula is C38H50FN3O3. The summed E-state index contributed by atoms with van der Waals surface area (Å²) < 4.78 is 20.6. The van der Waals surface area contributed by atoms with Crippen molar-refractivity contribution < 1.29 is 18.7 Å². The highest BCUT2D eigenvalue weighted by Gasteiger charge is 2.41. The normalized spacial score (nSPS) is 21.8. The predicted molar refractivity (Wildman–Crippen MR) is 180 cm³/mol. The first kappa shape index (κ1) is 34.3. The highest BCUT2D eigenvalue weighted by molar-refractivity contribution is 6.00. The number of anilines is 1. The fourth-order valence-electron chi connectivity index (χ4n) is 6.60. The molecule has 0 spiro atoms. The summed E-state index contributed by atoms with van der Waals surface area (Å²) in [4.78, 5) is 32.3. The zero-order valence-corrected chi connectivity index (χ0v) is 27.9. The van der Waals surface area contributed by atoms with Gasteiger partial charge in [-0.1, -0.05) is 75.9 Å². The summed E-state index contributed by atoms with van der Waals surface area (Å²) >= 11 is 0. The monoisotopic (exact) mass is 615 g/mol. The number of hydrogen-bond donors (Lipinski definition) is 1. The Balaban J connectivity index is 1.69. The summed E-state index contributed by atoms with van der Waals surface area (Å²) in [7, 11) is 1.75. The van der Waals surface area contributed by atoms with Gasteiger partial charge in [0.25, 0.3) is 5.91 Å². The third-order valence-corrected chi connectivity index (χ3v) is 9.20. The Labute approximate surface area is 269 Å². The molecule has 45 heavy (non-hydrogen) atoms. The highest BCUT2D eigenvalue weighted by Crippen LogP contribution is 2.39. The first-order chi connectivity index (χ1) is 21.5. The van der Waals surface area contributed by atoms with Gasteiger partial charge < -0.3 is 15.0 Å². The number of nitrogens with one attached hydrogen (secondary N) is 1. The van der Waals surface area contributed by atoms with Gasteiger partial charge in [-0.2, -0.15) is 0 Å². The molecule has 0 aliphatic carbocycles. The van der Waals surface area contributed by atoms with Gasteiger partial charge in [0, 0.05) is 31.9 Å². The Bertz CT molecular complexity index is 1420. The molecule has 1 N–H and O–H groups in total. The summed E-state index contributed by atoms with van der Waals surface area (Å²) in [5.74, 6) is -1.68. The van der Waals surface area contributed by atoms with Crippen LogP contribution in [0.5, 0.6) is 0 Å². The predicted octanol–water partition coefficient (Wildman–Crippen LogP) is 7.89. The van der Waals surface area contributed by atoms with Crippen LogP contribution in [0.3, 0.4) is 0 Å². The van der Waals surface area contributed by atoms with E-state index in [2.05, 4.69) is 55.8 Å². The van der Waals surface area contributed by atoms with Crippen molar-refractivity contribution in [3.05, 3.63) is 101 Å². The van der Waals surface area contributed by atoms with Crippen molar-refractivity contribution in [2.75, 3.05) is 32.1 Å². The first-order valence-corrected chi connectivity index (χ1v) is 16.2. The minimum atomic E-state index is -0.590. The second-order valence-corrected chi connectivity index (χ2v) is 13.4. The maximum Gasteiger partial charge on any atom is 0.257 e. The van der Waals surface area contributed by atoms with E-state index in [1.807, 2.05) is 30.3 Å². The Hall–Kier alpha value is -3.55. The van der Waals surface area contributed by atoms with E-state index in [1.54, 1.807) is 25.9 Å². The molecule has 2 heterocycles. The number of rotatable bonds is 10. The van der Waals surface area contributed by atoms with Gasteiger partial charge in [0.1, 0.15) is 5.83 Å². The SMILES string of the molecule is C=C/C(C)=C(C(=O)N1CCC[C@H](C(=O)Nc2cccc(C(C)(C)C)c2)[C@@H]1c1ccc(CN2CCC[C@H]2COC)cc1)\C(F)=C/C. The van der Waals surface area contributed by atoms with Crippen LogP contribution < -0.4 is 5.32 Å². The lowest BCUT2D eigenvalue weighted by atomic mass is 9.82. The van der Waals surface area contributed by atoms with Crippen LogP contribution in [0.2, 0.25) is 0 Å². The van der Waals surface area contributed by atoms with Gasteiger partial charge in [0.15, 0.2) is 0 Å². The van der Waals surface area contributed by atoms with E-state index in [-0.39, 0.29) is 16.9 Å².